The molecular weight excluding hydrogens is 383 g/mol. The minimum absolute atomic E-state index is 0.0616. The maximum absolute atomic E-state index is 14.0. The van der Waals surface area contributed by atoms with Crippen LogP contribution in [0.3, 0.4) is 0 Å². The Morgan fingerprint density at radius 3 is 2.36 bits per heavy atom. The lowest BCUT2D eigenvalue weighted by atomic mass is 10.00. The second kappa shape index (κ2) is 6.55. The van der Waals surface area contributed by atoms with E-state index in [0.717, 1.165) is 18.2 Å². The zero-order chi connectivity index (χ0) is 18.4. The molecule has 0 saturated carbocycles. The minimum Gasteiger partial charge on any atom is -0.484 e. The first-order valence-corrected chi connectivity index (χ1v) is 7.97. The van der Waals surface area contributed by atoms with E-state index in [-0.39, 0.29) is 39.6 Å². The highest BCUT2D eigenvalue weighted by Crippen LogP contribution is 2.47. The van der Waals surface area contributed by atoms with Crippen molar-refractivity contribution in [3.8, 4) is 16.9 Å². The van der Waals surface area contributed by atoms with Crippen molar-refractivity contribution in [1.29, 1.82) is 0 Å². The molecule has 1 atom stereocenters. The van der Waals surface area contributed by atoms with Crippen LogP contribution < -0.4 is 15.8 Å². The Hall–Kier alpha value is -1.70. The van der Waals surface area contributed by atoms with Gasteiger partial charge in [0.1, 0.15) is 11.9 Å². The number of benzene rings is 2. The van der Waals surface area contributed by atoms with Crippen LogP contribution in [-0.4, -0.2) is 19.2 Å². The number of anilines is 1. The molecule has 0 fully saturated rings. The fourth-order valence-electron chi connectivity index (χ4n) is 2.60. The third-order valence-corrected chi connectivity index (χ3v) is 4.36. The van der Waals surface area contributed by atoms with Gasteiger partial charge in [0.15, 0.2) is 5.75 Å². The normalized spacial score (nSPS) is 16.8. The van der Waals surface area contributed by atoms with Gasteiger partial charge in [0.25, 0.3) is 0 Å². The smallest absolute Gasteiger partial charge is 0.416 e. The molecule has 2 aromatic rings. The molecule has 25 heavy (non-hydrogen) atoms. The van der Waals surface area contributed by atoms with Crippen LogP contribution >= 0.6 is 23.2 Å². The van der Waals surface area contributed by atoms with Crippen LogP contribution in [0.4, 0.5) is 23.2 Å². The molecule has 0 bridgehead atoms. The maximum atomic E-state index is 14.0. The minimum atomic E-state index is -4.60. The highest BCUT2D eigenvalue weighted by molar-refractivity contribution is 6.39. The second-order valence-electron chi connectivity index (χ2n) is 5.50. The van der Waals surface area contributed by atoms with E-state index in [1.165, 1.54) is 6.07 Å². The zero-order valence-electron chi connectivity index (χ0n) is 12.6. The Labute approximate surface area is 150 Å². The molecule has 3 nitrogen and oxygen atoms in total. The molecule has 3 N–H and O–H groups in total. The Balaban J connectivity index is 2.19. The van der Waals surface area contributed by atoms with Crippen LogP contribution in [0.25, 0.3) is 11.1 Å². The lowest BCUT2D eigenvalue weighted by Crippen LogP contribution is -2.37. The summed E-state index contributed by atoms with van der Waals surface area (Å²) in [6, 6.07) is 3.82. The molecule has 0 spiro atoms. The summed E-state index contributed by atoms with van der Waals surface area (Å²) in [6.45, 7) is 0.582. The van der Waals surface area contributed by atoms with Gasteiger partial charge in [-0.25, -0.2) is 4.39 Å². The van der Waals surface area contributed by atoms with E-state index >= 15 is 0 Å². The van der Waals surface area contributed by atoms with Crippen LogP contribution in [0.15, 0.2) is 24.3 Å². The summed E-state index contributed by atoms with van der Waals surface area (Å²) in [6.07, 6.45) is -4.97. The van der Waals surface area contributed by atoms with Gasteiger partial charge in [-0.05, 0) is 18.2 Å². The molecule has 0 saturated heterocycles. The van der Waals surface area contributed by atoms with Gasteiger partial charge in [0, 0.05) is 23.7 Å². The number of ether oxygens (including phenoxy) is 1. The van der Waals surface area contributed by atoms with Gasteiger partial charge in [-0.2, -0.15) is 13.2 Å². The molecule has 1 heterocycles. The van der Waals surface area contributed by atoms with Crippen LogP contribution in [0.5, 0.6) is 5.75 Å². The Bertz CT molecular complexity index is 804. The van der Waals surface area contributed by atoms with Crippen LogP contribution in [0.2, 0.25) is 10.0 Å². The molecular formula is C16H12Cl2F4N2O. The fraction of sp³-hybridized carbons (Fsp3) is 0.250. The second-order valence-corrected chi connectivity index (χ2v) is 6.31. The van der Waals surface area contributed by atoms with Crippen molar-refractivity contribution in [3.63, 3.8) is 0 Å². The first kappa shape index (κ1) is 18.1. The molecule has 1 aliphatic heterocycles. The lowest BCUT2D eigenvalue weighted by Gasteiger charge is -2.29. The van der Waals surface area contributed by atoms with Gasteiger partial charge in [0.2, 0.25) is 0 Å². The predicted octanol–water partition coefficient (Wildman–Crippen LogP) is 4.95. The van der Waals surface area contributed by atoms with Crippen molar-refractivity contribution in [2.75, 3.05) is 18.4 Å². The summed E-state index contributed by atoms with van der Waals surface area (Å²) < 4.78 is 58.4. The monoisotopic (exact) mass is 394 g/mol. The largest absolute Gasteiger partial charge is 0.484 e. The lowest BCUT2D eigenvalue weighted by molar-refractivity contribution is -0.137. The van der Waals surface area contributed by atoms with E-state index in [1.807, 2.05) is 0 Å². The molecule has 0 unspecified atom stereocenters. The average molecular weight is 395 g/mol. The number of hydrogen-bond donors (Lipinski definition) is 2. The van der Waals surface area contributed by atoms with Gasteiger partial charge < -0.3 is 15.8 Å². The van der Waals surface area contributed by atoms with Crippen molar-refractivity contribution < 1.29 is 22.3 Å². The van der Waals surface area contributed by atoms with Gasteiger partial charge in [-0.15, -0.1) is 0 Å². The molecule has 1 aliphatic rings. The summed E-state index contributed by atoms with van der Waals surface area (Å²) in [7, 11) is 0. The fourth-order valence-corrected chi connectivity index (χ4v) is 3.29. The van der Waals surface area contributed by atoms with Crippen molar-refractivity contribution in [1.82, 2.24) is 0 Å². The highest BCUT2D eigenvalue weighted by Gasteiger charge is 2.33. The number of halogens is 6. The molecule has 9 heteroatoms. The van der Waals surface area contributed by atoms with Gasteiger partial charge >= 0.3 is 6.18 Å². The van der Waals surface area contributed by atoms with Gasteiger partial charge in [0.05, 0.1) is 27.8 Å². The third kappa shape index (κ3) is 3.49. The molecule has 3 rings (SSSR count). The van der Waals surface area contributed by atoms with Crippen molar-refractivity contribution in [2.24, 2.45) is 5.73 Å². The Morgan fingerprint density at radius 2 is 1.80 bits per heavy atom. The summed E-state index contributed by atoms with van der Waals surface area (Å²) in [5.74, 6) is -0.366. The number of fused-ring (bicyclic) bond motifs is 1. The van der Waals surface area contributed by atoms with E-state index in [2.05, 4.69) is 5.32 Å². The number of rotatable bonds is 2. The van der Waals surface area contributed by atoms with Crippen LogP contribution in [0.1, 0.15) is 5.56 Å². The SMILES string of the molecule is NC[C@@H]1CNc2cc(F)cc(-c3c(Cl)cc(C(F)(F)F)cc3Cl)c2O1. The average Bonchev–Trinajstić information content (AvgIpc) is 2.52. The zero-order valence-corrected chi connectivity index (χ0v) is 14.1. The predicted molar refractivity (Wildman–Crippen MR) is 88.8 cm³/mol. The van der Waals surface area contributed by atoms with Crippen molar-refractivity contribution >= 4 is 28.9 Å². The molecule has 0 radical (unpaired) electrons. The summed E-state index contributed by atoms with van der Waals surface area (Å²) in [4.78, 5) is 0. The summed E-state index contributed by atoms with van der Waals surface area (Å²) >= 11 is 12.1. The number of alkyl halides is 3. The first-order valence-electron chi connectivity index (χ1n) is 7.21. The van der Waals surface area contributed by atoms with Crippen molar-refractivity contribution in [2.45, 2.75) is 12.3 Å². The third-order valence-electron chi connectivity index (χ3n) is 3.76. The number of nitrogens with two attached hydrogens (primary N) is 1. The van der Waals surface area contributed by atoms with E-state index < -0.39 is 17.6 Å². The summed E-state index contributed by atoms with van der Waals surface area (Å²) in [5, 5.41) is 2.46. The quantitative estimate of drug-likeness (QED) is 0.708. The number of hydrogen-bond acceptors (Lipinski definition) is 3. The standard InChI is InChI=1S/C16H12Cl2F4N2O/c17-11-1-7(16(20,21)22)2-12(18)14(11)10-3-8(19)4-13-15(10)25-9(5-23)6-24-13/h1-4,9,24H,5-6,23H2/t9-/m1/s1. The number of nitrogens with one attached hydrogen (secondary N) is 1. The van der Waals surface area contributed by atoms with Crippen LogP contribution in [0, 0.1) is 5.82 Å². The molecule has 134 valence electrons. The molecule has 0 aliphatic carbocycles. The summed E-state index contributed by atoms with van der Waals surface area (Å²) in [5.41, 5.74) is 5.17. The van der Waals surface area contributed by atoms with Gasteiger partial charge in [-0.3, -0.25) is 0 Å². The topological polar surface area (TPSA) is 47.3 Å². The Morgan fingerprint density at radius 1 is 1.16 bits per heavy atom. The van der Waals surface area contributed by atoms with Crippen LogP contribution in [-0.2, 0) is 6.18 Å². The first-order chi connectivity index (χ1) is 11.7. The van der Waals surface area contributed by atoms with E-state index in [1.54, 1.807) is 0 Å². The molecule has 0 aromatic heterocycles. The molecule has 0 amide bonds. The van der Waals surface area contributed by atoms with E-state index in [4.69, 9.17) is 33.7 Å². The molecule has 2 aromatic carbocycles. The maximum Gasteiger partial charge on any atom is 0.416 e. The Kier molecular flexibility index (Phi) is 4.74. The van der Waals surface area contributed by atoms with E-state index in [9.17, 15) is 17.6 Å². The van der Waals surface area contributed by atoms with Gasteiger partial charge in [-0.1, -0.05) is 23.2 Å². The van der Waals surface area contributed by atoms with E-state index in [0.29, 0.717) is 12.2 Å². The van der Waals surface area contributed by atoms with Crippen molar-refractivity contribution in [3.05, 3.63) is 45.7 Å². The highest BCUT2D eigenvalue weighted by atomic mass is 35.5.